The molecule has 0 N–H and O–H groups in total. The van der Waals surface area contributed by atoms with Gasteiger partial charge in [-0.2, -0.15) is 0 Å². The molecule has 2 aromatic heterocycles. The first-order chi connectivity index (χ1) is 8.36. The minimum Gasteiger partial charge on any atom is -0.440 e. The maximum Gasteiger partial charge on any atom is 0.194 e. The zero-order valence-electron chi connectivity index (χ0n) is 9.54. The van der Waals surface area contributed by atoms with E-state index in [4.69, 9.17) is 16.0 Å². The topological polar surface area (TPSA) is 26.0 Å². The molecule has 90 valence electrons. The van der Waals surface area contributed by atoms with Crippen LogP contribution in [0.15, 0.2) is 16.7 Å². The normalized spacial score (nSPS) is 14.2. The second-order valence-corrected chi connectivity index (χ2v) is 5.84. The summed E-state index contributed by atoms with van der Waals surface area (Å²) < 4.78 is 5.75. The Bertz CT molecular complexity index is 496. The van der Waals surface area contributed by atoms with E-state index >= 15 is 0 Å². The molecule has 17 heavy (non-hydrogen) atoms. The molecule has 0 saturated carbocycles. The zero-order chi connectivity index (χ0) is 11.7. The smallest absolute Gasteiger partial charge is 0.194 e. The molecule has 0 spiro atoms. The molecule has 0 saturated heterocycles. The zero-order valence-corrected chi connectivity index (χ0v) is 11.1. The predicted molar refractivity (Wildman–Crippen MR) is 70.9 cm³/mol. The lowest BCUT2D eigenvalue weighted by molar-refractivity contribution is 0.504. The Hall–Kier alpha value is -0.800. The van der Waals surface area contributed by atoms with Crippen LogP contribution in [-0.4, -0.2) is 10.9 Å². The van der Waals surface area contributed by atoms with Gasteiger partial charge >= 0.3 is 0 Å². The highest BCUT2D eigenvalue weighted by Gasteiger charge is 2.17. The largest absolute Gasteiger partial charge is 0.440 e. The average molecular weight is 268 g/mol. The number of halogens is 1. The first-order valence-electron chi connectivity index (χ1n) is 5.99. The Kier molecular flexibility index (Phi) is 3.21. The average Bonchev–Trinajstić information content (AvgIpc) is 3.00. The van der Waals surface area contributed by atoms with Crippen LogP contribution < -0.4 is 0 Å². The molecule has 2 nitrogen and oxygen atoms in total. The Morgan fingerprint density at radius 2 is 2.35 bits per heavy atom. The van der Waals surface area contributed by atoms with Crippen LogP contribution in [0.3, 0.4) is 0 Å². The van der Waals surface area contributed by atoms with Crippen LogP contribution in [0.4, 0.5) is 0 Å². The van der Waals surface area contributed by atoms with Crippen molar-refractivity contribution in [2.24, 2.45) is 0 Å². The van der Waals surface area contributed by atoms with Crippen molar-refractivity contribution in [2.75, 3.05) is 5.88 Å². The highest BCUT2D eigenvalue weighted by atomic mass is 35.5. The van der Waals surface area contributed by atoms with Crippen molar-refractivity contribution in [1.82, 2.24) is 4.98 Å². The highest BCUT2D eigenvalue weighted by Crippen LogP contribution is 2.36. The Morgan fingerprint density at radius 1 is 1.41 bits per heavy atom. The number of thiophene rings is 1. The van der Waals surface area contributed by atoms with Gasteiger partial charge in [0.2, 0.25) is 0 Å². The summed E-state index contributed by atoms with van der Waals surface area (Å²) in [5.74, 6) is 2.37. The molecule has 0 atom stereocenters. The monoisotopic (exact) mass is 267 g/mol. The summed E-state index contributed by atoms with van der Waals surface area (Å²) >= 11 is 7.51. The van der Waals surface area contributed by atoms with Gasteiger partial charge in [-0.25, -0.2) is 4.98 Å². The summed E-state index contributed by atoms with van der Waals surface area (Å²) in [6, 6.07) is 2.26. The maximum atomic E-state index is 5.75. The van der Waals surface area contributed by atoms with Gasteiger partial charge in [0.05, 0.1) is 11.1 Å². The minimum atomic E-state index is 0.658. The third-order valence-electron chi connectivity index (χ3n) is 3.07. The molecule has 0 bridgehead atoms. The van der Waals surface area contributed by atoms with Crippen LogP contribution in [0.5, 0.6) is 0 Å². The molecule has 3 rings (SSSR count). The molecule has 1 aliphatic rings. The lowest BCUT2D eigenvalue weighted by Gasteiger charge is -1.92. The first kappa shape index (κ1) is 11.3. The SMILES string of the molecule is ClCCCc1ncc(-c2cc3c(s2)CCC3)o1. The number of aromatic nitrogens is 1. The van der Waals surface area contributed by atoms with Crippen LogP contribution >= 0.6 is 22.9 Å². The number of aryl methyl sites for hydroxylation is 3. The number of hydrogen-bond donors (Lipinski definition) is 0. The van der Waals surface area contributed by atoms with Crippen LogP contribution in [0.1, 0.15) is 29.2 Å². The third kappa shape index (κ3) is 2.26. The molecule has 1 aliphatic carbocycles. The van der Waals surface area contributed by atoms with E-state index in [1.807, 2.05) is 17.5 Å². The summed E-state index contributed by atoms with van der Waals surface area (Å²) in [5.41, 5.74) is 1.50. The Balaban J connectivity index is 1.80. The maximum absolute atomic E-state index is 5.75. The van der Waals surface area contributed by atoms with Crippen LogP contribution in [0.2, 0.25) is 0 Å². The van der Waals surface area contributed by atoms with Gasteiger partial charge in [-0.05, 0) is 37.3 Å². The summed E-state index contributed by atoms with van der Waals surface area (Å²) in [4.78, 5) is 7.04. The standard InChI is InChI=1S/C13H14ClNOS/c14-6-2-5-13-15-8-10(16-13)12-7-9-3-1-4-11(9)17-12/h7-8H,1-6H2. The fraction of sp³-hybridized carbons (Fsp3) is 0.462. The third-order valence-corrected chi connectivity index (χ3v) is 4.59. The van der Waals surface area contributed by atoms with Crippen molar-refractivity contribution in [3.05, 3.63) is 28.6 Å². The van der Waals surface area contributed by atoms with E-state index in [1.54, 1.807) is 0 Å². The first-order valence-corrected chi connectivity index (χ1v) is 7.34. The molecule has 2 heterocycles. The summed E-state index contributed by atoms with van der Waals surface area (Å²) in [7, 11) is 0. The summed E-state index contributed by atoms with van der Waals surface area (Å²) in [5, 5.41) is 0. The van der Waals surface area contributed by atoms with Gasteiger partial charge in [-0.3, -0.25) is 0 Å². The molecule has 0 amide bonds. The molecular weight excluding hydrogens is 254 g/mol. The van der Waals surface area contributed by atoms with Crippen molar-refractivity contribution < 1.29 is 4.42 Å². The molecule has 0 aliphatic heterocycles. The second kappa shape index (κ2) is 4.83. The lowest BCUT2D eigenvalue weighted by atomic mass is 10.2. The fourth-order valence-corrected chi connectivity index (χ4v) is 3.54. The number of rotatable bonds is 4. The van der Waals surface area contributed by atoms with Gasteiger partial charge in [0.15, 0.2) is 11.7 Å². The van der Waals surface area contributed by atoms with Crippen molar-refractivity contribution in [3.8, 4) is 10.6 Å². The van der Waals surface area contributed by atoms with Gasteiger partial charge in [0.1, 0.15) is 0 Å². The number of nitrogens with zero attached hydrogens (tertiary/aromatic N) is 1. The van der Waals surface area contributed by atoms with Gasteiger partial charge in [-0.15, -0.1) is 22.9 Å². The number of oxazole rings is 1. The van der Waals surface area contributed by atoms with Crippen LogP contribution in [0, 0.1) is 0 Å². The van der Waals surface area contributed by atoms with E-state index in [1.165, 1.54) is 34.6 Å². The van der Waals surface area contributed by atoms with Gasteiger partial charge in [-0.1, -0.05) is 0 Å². The van der Waals surface area contributed by atoms with Crippen molar-refractivity contribution in [2.45, 2.75) is 32.1 Å². The van der Waals surface area contributed by atoms with Gasteiger partial charge in [0, 0.05) is 17.2 Å². The van der Waals surface area contributed by atoms with Crippen molar-refractivity contribution >= 4 is 22.9 Å². The molecule has 0 aromatic carbocycles. The minimum absolute atomic E-state index is 0.658. The Morgan fingerprint density at radius 3 is 3.18 bits per heavy atom. The summed E-state index contributed by atoms with van der Waals surface area (Å²) in [6.45, 7) is 0. The van der Waals surface area contributed by atoms with Crippen molar-refractivity contribution in [3.63, 3.8) is 0 Å². The van der Waals surface area contributed by atoms with Crippen LogP contribution in [0.25, 0.3) is 10.6 Å². The second-order valence-electron chi connectivity index (χ2n) is 4.32. The molecule has 0 fully saturated rings. The Labute approximate surface area is 110 Å². The van der Waals surface area contributed by atoms with E-state index in [-0.39, 0.29) is 0 Å². The fourth-order valence-electron chi connectivity index (χ4n) is 2.21. The predicted octanol–water partition coefficient (Wildman–Crippen LogP) is 4.06. The molecule has 0 radical (unpaired) electrons. The number of fused-ring (bicyclic) bond motifs is 1. The van der Waals surface area contributed by atoms with Crippen molar-refractivity contribution in [1.29, 1.82) is 0 Å². The quantitative estimate of drug-likeness (QED) is 0.781. The van der Waals surface area contributed by atoms with E-state index in [2.05, 4.69) is 11.1 Å². The van der Waals surface area contributed by atoms with Gasteiger partial charge < -0.3 is 4.42 Å². The molecule has 0 unspecified atom stereocenters. The van der Waals surface area contributed by atoms with Gasteiger partial charge in [0.25, 0.3) is 0 Å². The number of alkyl halides is 1. The molecule has 2 aromatic rings. The molecule has 4 heteroatoms. The van der Waals surface area contributed by atoms with E-state index < -0.39 is 0 Å². The van der Waals surface area contributed by atoms with E-state index in [0.29, 0.717) is 5.88 Å². The van der Waals surface area contributed by atoms with E-state index in [9.17, 15) is 0 Å². The molecular formula is C13H14ClNOS. The van der Waals surface area contributed by atoms with Crippen LogP contribution in [-0.2, 0) is 19.3 Å². The van der Waals surface area contributed by atoms with E-state index in [0.717, 1.165) is 24.5 Å². The lowest BCUT2D eigenvalue weighted by Crippen LogP contribution is -1.84. The summed E-state index contributed by atoms with van der Waals surface area (Å²) in [6.07, 6.45) is 7.34. The number of hydrogen-bond acceptors (Lipinski definition) is 3. The highest BCUT2D eigenvalue weighted by molar-refractivity contribution is 7.15.